The molecule has 0 saturated carbocycles. The molecule has 1 atom stereocenters. The maximum Gasteiger partial charge on any atom is 0.238 e. The summed E-state index contributed by atoms with van der Waals surface area (Å²) in [7, 11) is 0. The molecule has 1 amide bonds. The summed E-state index contributed by atoms with van der Waals surface area (Å²) in [5.41, 5.74) is 7.39. The normalized spacial score (nSPS) is 11.8. The van der Waals surface area contributed by atoms with E-state index in [2.05, 4.69) is 5.32 Å². The van der Waals surface area contributed by atoms with Gasteiger partial charge in [0.25, 0.3) is 0 Å². The minimum Gasteiger partial charge on any atom is -0.467 e. The SMILES string of the molecule is Nc1ccc(SC(C(=O)NCc2ccco2)c2ccccc2)cc1. The van der Waals surface area contributed by atoms with Crippen LogP contribution in [0.4, 0.5) is 5.69 Å². The Bertz CT molecular complexity index is 771. The summed E-state index contributed by atoms with van der Waals surface area (Å²) < 4.78 is 5.27. The lowest BCUT2D eigenvalue weighted by atomic mass is 10.1. The molecular formula is C19H18N2O2S. The molecule has 2 aromatic carbocycles. The third-order valence-corrected chi connectivity index (χ3v) is 4.76. The number of nitrogen functional groups attached to an aromatic ring is 1. The number of amides is 1. The lowest BCUT2D eigenvalue weighted by Crippen LogP contribution is -2.27. The van der Waals surface area contributed by atoms with Gasteiger partial charge in [0.05, 0.1) is 12.8 Å². The van der Waals surface area contributed by atoms with Crippen LogP contribution in [0.2, 0.25) is 0 Å². The molecule has 3 N–H and O–H groups in total. The maximum atomic E-state index is 12.7. The van der Waals surface area contributed by atoms with Crippen molar-refractivity contribution < 1.29 is 9.21 Å². The minimum absolute atomic E-state index is 0.0561. The number of carbonyl (C=O) groups is 1. The van der Waals surface area contributed by atoms with Gasteiger partial charge in [-0.25, -0.2) is 0 Å². The molecule has 4 nitrogen and oxygen atoms in total. The predicted octanol–water partition coefficient (Wildman–Crippen LogP) is 4.01. The molecule has 0 aliphatic heterocycles. The topological polar surface area (TPSA) is 68.3 Å². The number of hydrogen-bond donors (Lipinski definition) is 2. The van der Waals surface area contributed by atoms with Crippen LogP contribution in [0.15, 0.2) is 82.3 Å². The third-order valence-electron chi connectivity index (χ3n) is 3.49. The Balaban J connectivity index is 1.76. The monoisotopic (exact) mass is 338 g/mol. The fraction of sp³-hybridized carbons (Fsp3) is 0.105. The quantitative estimate of drug-likeness (QED) is 0.526. The van der Waals surface area contributed by atoms with Gasteiger partial charge in [-0.1, -0.05) is 30.3 Å². The van der Waals surface area contributed by atoms with Gasteiger partial charge in [0, 0.05) is 10.6 Å². The van der Waals surface area contributed by atoms with Gasteiger partial charge in [-0.15, -0.1) is 11.8 Å². The van der Waals surface area contributed by atoms with Crippen molar-refractivity contribution >= 4 is 23.4 Å². The Morgan fingerprint density at radius 1 is 1.04 bits per heavy atom. The molecule has 0 spiro atoms. The van der Waals surface area contributed by atoms with Crippen molar-refractivity contribution in [3.05, 3.63) is 84.3 Å². The van der Waals surface area contributed by atoms with Crippen LogP contribution in [-0.4, -0.2) is 5.91 Å². The van der Waals surface area contributed by atoms with E-state index in [9.17, 15) is 4.79 Å². The number of carbonyl (C=O) groups excluding carboxylic acids is 1. The van der Waals surface area contributed by atoms with E-state index < -0.39 is 0 Å². The van der Waals surface area contributed by atoms with E-state index in [0.717, 1.165) is 16.2 Å². The fourth-order valence-corrected chi connectivity index (χ4v) is 3.31. The average molecular weight is 338 g/mol. The molecule has 0 aliphatic rings. The van der Waals surface area contributed by atoms with Gasteiger partial charge in [0.15, 0.2) is 0 Å². The van der Waals surface area contributed by atoms with Gasteiger partial charge in [-0.05, 0) is 42.0 Å². The van der Waals surface area contributed by atoms with E-state index in [1.165, 1.54) is 11.8 Å². The molecule has 0 bridgehead atoms. The molecule has 0 radical (unpaired) electrons. The van der Waals surface area contributed by atoms with Crippen LogP contribution < -0.4 is 11.1 Å². The van der Waals surface area contributed by atoms with Crippen LogP contribution in [0.3, 0.4) is 0 Å². The molecule has 1 unspecified atom stereocenters. The second-order valence-electron chi connectivity index (χ2n) is 5.27. The number of thioether (sulfide) groups is 1. The molecule has 1 heterocycles. The van der Waals surface area contributed by atoms with Crippen LogP contribution in [-0.2, 0) is 11.3 Å². The second-order valence-corrected chi connectivity index (χ2v) is 6.45. The molecule has 24 heavy (non-hydrogen) atoms. The first kappa shape index (κ1) is 16.2. The zero-order chi connectivity index (χ0) is 16.8. The Morgan fingerprint density at radius 3 is 2.46 bits per heavy atom. The number of benzene rings is 2. The molecule has 0 fully saturated rings. The van der Waals surface area contributed by atoms with Crippen LogP contribution >= 0.6 is 11.8 Å². The maximum absolute atomic E-state index is 12.7. The van der Waals surface area contributed by atoms with Crippen molar-refractivity contribution in [2.75, 3.05) is 5.73 Å². The van der Waals surface area contributed by atoms with E-state index in [0.29, 0.717) is 12.2 Å². The lowest BCUT2D eigenvalue weighted by molar-refractivity contribution is -0.120. The number of nitrogens with one attached hydrogen (secondary N) is 1. The van der Waals surface area contributed by atoms with E-state index >= 15 is 0 Å². The van der Waals surface area contributed by atoms with E-state index in [1.807, 2.05) is 60.7 Å². The molecule has 3 aromatic rings. The van der Waals surface area contributed by atoms with Crippen molar-refractivity contribution in [3.8, 4) is 0 Å². The Hall–Kier alpha value is -2.66. The Kier molecular flexibility index (Phi) is 5.23. The fourth-order valence-electron chi connectivity index (χ4n) is 2.26. The van der Waals surface area contributed by atoms with E-state index in [-0.39, 0.29) is 11.2 Å². The molecular weight excluding hydrogens is 320 g/mol. The summed E-state index contributed by atoms with van der Waals surface area (Å²) in [5.74, 6) is 0.673. The van der Waals surface area contributed by atoms with Gasteiger partial charge >= 0.3 is 0 Å². The molecule has 0 saturated heterocycles. The number of nitrogens with two attached hydrogens (primary N) is 1. The van der Waals surface area contributed by atoms with Crippen LogP contribution in [0, 0.1) is 0 Å². The lowest BCUT2D eigenvalue weighted by Gasteiger charge is -2.17. The van der Waals surface area contributed by atoms with Crippen LogP contribution in [0.5, 0.6) is 0 Å². The van der Waals surface area contributed by atoms with Gasteiger partial charge in [-0.3, -0.25) is 4.79 Å². The first-order chi connectivity index (χ1) is 11.7. The highest BCUT2D eigenvalue weighted by Gasteiger charge is 2.22. The van der Waals surface area contributed by atoms with Crippen molar-refractivity contribution in [1.82, 2.24) is 5.32 Å². The van der Waals surface area contributed by atoms with Gasteiger partial charge < -0.3 is 15.5 Å². The summed E-state index contributed by atoms with van der Waals surface area (Å²) >= 11 is 1.50. The number of hydrogen-bond acceptors (Lipinski definition) is 4. The zero-order valence-corrected chi connectivity index (χ0v) is 13.8. The van der Waals surface area contributed by atoms with Crippen LogP contribution in [0.25, 0.3) is 0 Å². The van der Waals surface area contributed by atoms with E-state index in [4.69, 9.17) is 10.2 Å². The highest BCUT2D eigenvalue weighted by Crippen LogP contribution is 2.35. The summed E-state index contributed by atoms with van der Waals surface area (Å²) in [4.78, 5) is 13.7. The number of rotatable bonds is 6. The van der Waals surface area contributed by atoms with E-state index in [1.54, 1.807) is 12.3 Å². The predicted molar refractivity (Wildman–Crippen MR) is 96.4 cm³/mol. The number of anilines is 1. The molecule has 0 aliphatic carbocycles. The van der Waals surface area contributed by atoms with Crippen molar-refractivity contribution in [3.63, 3.8) is 0 Å². The summed E-state index contributed by atoms with van der Waals surface area (Å²) in [6.45, 7) is 0.372. The third kappa shape index (κ3) is 4.20. The summed E-state index contributed by atoms with van der Waals surface area (Å²) in [6.07, 6.45) is 1.60. The summed E-state index contributed by atoms with van der Waals surface area (Å²) in [6, 6.07) is 20.9. The van der Waals surface area contributed by atoms with Crippen molar-refractivity contribution in [1.29, 1.82) is 0 Å². The first-order valence-electron chi connectivity index (χ1n) is 7.59. The van der Waals surface area contributed by atoms with Crippen molar-refractivity contribution in [2.45, 2.75) is 16.7 Å². The average Bonchev–Trinajstić information content (AvgIpc) is 3.13. The van der Waals surface area contributed by atoms with Gasteiger partial charge in [-0.2, -0.15) is 0 Å². The molecule has 122 valence electrons. The standard InChI is InChI=1S/C19H18N2O2S/c20-15-8-10-17(11-9-15)24-18(14-5-2-1-3-6-14)19(22)21-13-16-7-4-12-23-16/h1-12,18H,13,20H2,(H,21,22). The largest absolute Gasteiger partial charge is 0.467 e. The number of furan rings is 1. The zero-order valence-electron chi connectivity index (χ0n) is 13.0. The van der Waals surface area contributed by atoms with Gasteiger partial charge in [0.2, 0.25) is 5.91 Å². The van der Waals surface area contributed by atoms with Gasteiger partial charge in [0.1, 0.15) is 11.0 Å². The second kappa shape index (κ2) is 7.75. The molecule has 5 heteroatoms. The Morgan fingerprint density at radius 2 is 1.79 bits per heavy atom. The molecule has 1 aromatic heterocycles. The van der Waals surface area contributed by atoms with Crippen LogP contribution in [0.1, 0.15) is 16.6 Å². The smallest absolute Gasteiger partial charge is 0.238 e. The highest BCUT2D eigenvalue weighted by atomic mass is 32.2. The Labute approximate surface area is 145 Å². The highest BCUT2D eigenvalue weighted by molar-refractivity contribution is 8.00. The molecule has 3 rings (SSSR count). The van der Waals surface area contributed by atoms with Crippen molar-refractivity contribution in [2.24, 2.45) is 0 Å². The minimum atomic E-state index is -0.343. The first-order valence-corrected chi connectivity index (χ1v) is 8.47. The summed E-state index contributed by atoms with van der Waals surface area (Å²) in [5, 5.41) is 2.59.